The van der Waals surface area contributed by atoms with Crippen LogP contribution in [-0.4, -0.2) is 36.5 Å². The minimum absolute atomic E-state index is 0.185. The van der Waals surface area contributed by atoms with Gasteiger partial charge in [-0.25, -0.2) is 0 Å². The second-order valence-corrected chi connectivity index (χ2v) is 7.58. The van der Waals surface area contributed by atoms with E-state index in [0.29, 0.717) is 12.8 Å². The van der Waals surface area contributed by atoms with Crippen LogP contribution in [-0.2, 0) is 17.6 Å². The molecule has 0 bridgehead atoms. The molecular formula is C26H27N2O2. The second-order valence-electron chi connectivity index (χ2n) is 7.58. The Morgan fingerprint density at radius 1 is 1.03 bits per heavy atom. The summed E-state index contributed by atoms with van der Waals surface area (Å²) >= 11 is 0. The van der Waals surface area contributed by atoms with Gasteiger partial charge in [-0.1, -0.05) is 60.7 Å². The number of hydrogen-bond donors (Lipinski definition) is 1. The number of para-hydroxylation sites is 2. The van der Waals surface area contributed by atoms with Gasteiger partial charge in [-0.05, 0) is 48.2 Å². The molecule has 30 heavy (non-hydrogen) atoms. The predicted molar refractivity (Wildman–Crippen MR) is 119 cm³/mol. The molecule has 1 aliphatic rings. The highest BCUT2D eigenvalue weighted by molar-refractivity contribution is 5.77. The zero-order chi connectivity index (χ0) is 20.6. The van der Waals surface area contributed by atoms with E-state index in [2.05, 4.69) is 23.5 Å². The summed E-state index contributed by atoms with van der Waals surface area (Å²) in [6.45, 7) is 2.43. The topological polar surface area (TPSA) is 41.6 Å². The maximum absolute atomic E-state index is 13.1. The fourth-order valence-corrected chi connectivity index (χ4v) is 3.91. The molecule has 1 radical (unpaired) electrons. The van der Waals surface area contributed by atoms with Crippen molar-refractivity contribution < 1.29 is 9.53 Å². The van der Waals surface area contributed by atoms with E-state index < -0.39 is 0 Å². The molecule has 0 spiro atoms. The van der Waals surface area contributed by atoms with Crippen LogP contribution in [0.25, 0.3) is 0 Å². The standard InChI is InChI=1S/C26H27N2O2/c29-26(28-18-17-27-20-23(28)19-21-9-3-1-4-10-21)16-15-22-11-7-8-14-25(22)30-24-12-5-2-6-13-24/h2-14,23,27H,15-20H2. The molecule has 153 valence electrons. The van der Waals surface area contributed by atoms with Crippen molar-refractivity contribution >= 4 is 5.91 Å². The highest BCUT2D eigenvalue weighted by Crippen LogP contribution is 2.26. The molecule has 1 aliphatic heterocycles. The maximum atomic E-state index is 13.1. The summed E-state index contributed by atoms with van der Waals surface area (Å²) in [7, 11) is 0. The van der Waals surface area contributed by atoms with Gasteiger partial charge in [0.2, 0.25) is 5.91 Å². The molecule has 3 aromatic carbocycles. The zero-order valence-electron chi connectivity index (χ0n) is 17.1. The van der Waals surface area contributed by atoms with Crippen molar-refractivity contribution in [2.24, 2.45) is 0 Å². The van der Waals surface area contributed by atoms with Gasteiger partial charge in [0.1, 0.15) is 11.5 Å². The Kier molecular flexibility index (Phi) is 6.78. The average molecular weight is 400 g/mol. The van der Waals surface area contributed by atoms with Crippen LogP contribution in [0.5, 0.6) is 11.5 Å². The molecule has 4 heteroatoms. The maximum Gasteiger partial charge on any atom is 0.223 e. The van der Waals surface area contributed by atoms with Gasteiger partial charge in [0.05, 0.1) is 0 Å². The van der Waals surface area contributed by atoms with Crippen molar-refractivity contribution in [3.05, 3.63) is 96.1 Å². The molecule has 1 saturated heterocycles. The minimum atomic E-state index is 0.185. The SMILES string of the molecule is O=C(CCc1ccccc1Oc1ccccc1)N1CCNCC1Cc1cc[c]cc1. The van der Waals surface area contributed by atoms with E-state index in [1.165, 1.54) is 5.56 Å². The predicted octanol–water partition coefficient (Wildman–Crippen LogP) is 4.25. The zero-order valence-corrected chi connectivity index (χ0v) is 17.1. The highest BCUT2D eigenvalue weighted by Gasteiger charge is 2.26. The fourth-order valence-electron chi connectivity index (χ4n) is 3.91. The van der Waals surface area contributed by atoms with Crippen LogP contribution in [0, 0.1) is 6.07 Å². The van der Waals surface area contributed by atoms with E-state index in [4.69, 9.17) is 4.74 Å². The highest BCUT2D eigenvalue weighted by atomic mass is 16.5. The van der Waals surface area contributed by atoms with Crippen LogP contribution in [0.15, 0.2) is 78.9 Å². The van der Waals surface area contributed by atoms with Crippen molar-refractivity contribution in [3.63, 3.8) is 0 Å². The third kappa shape index (κ3) is 5.28. The summed E-state index contributed by atoms with van der Waals surface area (Å²) < 4.78 is 6.05. The molecule has 0 saturated carbocycles. The Morgan fingerprint density at radius 3 is 2.63 bits per heavy atom. The number of carbonyl (C=O) groups excluding carboxylic acids is 1. The molecule has 0 aliphatic carbocycles. The first kappa shape index (κ1) is 20.2. The van der Waals surface area contributed by atoms with E-state index in [0.717, 1.165) is 43.1 Å². The summed E-state index contributed by atoms with van der Waals surface area (Å²) in [5.74, 6) is 1.82. The van der Waals surface area contributed by atoms with Crippen molar-refractivity contribution in [2.75, 3.05) is 19.6 Å². The van der Waals surface area contributed by atoms with E-state index in [1.54, 1.807) is 0 Å². The number of amides is 1. The van der Waals surface area contributed by atoms with Crippen LogP contribution in [0.1, 0.15) is 17.5 Å². The van der Waals surface area contributed by atoms with Crippen LogP contribution in [0.2, 0.25) is 0 Å². The molecule has 1 amide bonds. The Balaban J connectivity index is 1.40. The quantitative estimate of drug-likeness (QED) is 0.646. The minimum Gasteiger partial charge on any atom is -0.457 e. The lowest BCUT2D eigenvalue weighted by Gasteiger charge is -2.36. The number of rotatable bonds is 7. The van der Waals surface area contributed by atoms with Crippen molar-refractivity contribution in [2.45, 2.75) is 25.3 Å². The first-order chi connectivity index (χ1) is 14.8. The normalized spacial score (nSPS) is 16.3. The van der Waals surface area contributed by atoms with E-state index in [-0.39, 0.29) is 11.9 Å². The average Bonchev–Trinajstić information content (AvgIpc) is 2.80. The third-order valence-electron chi connectivity index (χ3n) is 5.48. The molecule has 4 nitrogen and oxygen atoms in total. The van der Waals surface area contributed by atoms with Gasteiger partial charge in [-0.3, -0.25) is 4.79 Å². The van der Waals surface area contributed by atoms with E-state index in [1.807, 2.05) is 71.6 Å². The van der Waals surface area contributed by atoms with E-state index in [9.17, 15) is 4.79 Å². The number of ether oxygens (including phenoxy) is 1. The summed E-state index contributed by atoms with van der Waals surface area (Å²) in [5, 5.41) is 3.43. The van der Waals surface area contributed by atoms with E-state index >= 15 is 0 Å². The number of carbonyl (C=O) groups is 1. The van der Waals surface area contributed by atoms with Crippen molar-refractivity contribution in [3.8, 4) is 11.5 Å². The molecular weight excluding hydrogens is 372 g/mol. The van der Waals surface area contributed by atoms with Gasteiger partial charge in [-0.2, -0.15) is 0 Å². The molecule has 3 aromatic rings. The largest absolute Gasteiger partial charge is 0.457 e. The summed E-state index contributed by atoms with van der Waals surface area (Å²) in [5.41, 5.74) is 2.29. The van der Waals surface area contributed by atoms with Gasteiger partial charge < -0.3 is 15.0 Å². The first-order valence-electron chi connectivity index (χ1n) is 10.6. The molecule has 0 aromatic heterocycles. The Hall–Kier alpha value is -3.11. The van der Waals surface area contributed by atoms with Gasteiger partial charge in [0, 0.05) is 32.1 Å². The molecule has 4 rings (SSSR count). The molecule has 1 atom stereocenters. The van der Waals surface area contributed by atoms with Gasteiger partial charge in [0.25, 0.3) is 0 Å². The summed E-state index contributed by atoms with van der Waals surface area (Å²) in [6, 6.07) is 29.0. The number of nitrogens with one attached hydrogen (secondary N) is 1. The Morgan fingerprint density at radius 2 is 1.80 bits per heavy atom. The smallest absolute Gasteiger partial charge is 0.223 e. The molecule has 1 unspecified atom stereocenters. The Labute approximate surface area is 178 Å². The fraction of sp³-hybridized carbons (Fsp3) is 0.269. The number of nitrogens with zero attached hydrogens (tertiary/aromatic N) is 1. The lowest BCUT2D eigenvalue weighted by atomic mass is 10.0. The van der Waals surface area contributed by atoms with Crippen molar-refractivity contribution in [1.82, 2.24) is 10.2 Å². The lowest BCUT2D eigenvalue weighted by Crippen LogP contribution is -2.54. The van der Waals surface area contributed by atoms with Crippen molar-refractivity contribution in [1.29, 1.82) is 0 Å². The number of aryl methyl sites for hydroxylation is 1. The Bertz CT molecular complexity index is 944. The van der Waals surface area contributed by atoms with Crippen LogP contribution < -0.4 is 10.1 Å². The number of benzene rings is 3. The molecule has 1 fully saturated rings. The summed E-state index contributed by atoms with van der Waals surface area (Å²) in [6.07, 6.45) is 2.01. The summed E-state index contributed by atoms with van der Waals surface area (Å²) in [4.78, 5) is 15.1. The van der Waals surface area contributed by atoms with Gasteiger partial charge in [-0.15, -0.1) is 0 Å². The second kappa shape index (κ2) is 10.1. The van der Waals surface area contributed by atoms with Gasteiger partial charge >= 0.3 is 0 Å². The van der Waals surface area contributed by atoms with Crippen LogP contribution in [0.4, 0.5) is 0 Å². The first-order valence-corrected chi connectivity index (χ1v) is 10.6. The molecule has 1 N–H and O–H groups in total. The monoisotopic (exact) mass is 399 g/mol. The lowest BCUT2D eigenvalue weighted by molar-refractivity contribution is -0.134. The van der Waals surface area contributed by atoms with Gasteiger partial charge in [0.15, 0.2) is 0 Å². The number of hydrogen-bond acceptors (Lipinski definition) is 3. The number of piperazine rings is 1. The molecule has 1 heterocycles. The van der Waals surface area contributed by atoms with Crippen LogP contribution >= 0.6 is 0 Å². The van der Waals surface area contributed by atoms with Crippen LogP contribution in [0.3, 0.4) is 0 Å². The third-order valence-corrected chi connectivity index (χ3v) is 5.48.